The first-order valence-electron chi connectivity index (χ1n) is 10.4. The number of hydrogen-bond donors (Lipinski definition) is 1. The van der Waals surface area contributed by atoms with E-state index < -0.39 is 16.1 Å². The number of benzene rings is 1. The van der Waals surface area contributed by atoms with Crippen LogP contribution in [0.25, 0.3) is 10.6 Å². The zero-order valence-electron chi connectivity index (χ0n) is 18.0. The van der Waals surface area contributed by atoms with Gasteiger partial charge in [-0.25, -0.2) is 18.1 Å². The second-order valence-corrected chi connectivity index (χ2v) is 11.2. The van der Waals surface area contributed by atoms with Crippen molar-refractivity contribution in [2.24, 2.45) is 5.92 Å². The van der Waals surface area contributed by atoms with E-state index in [1.165, 1.54) is 11.1 Å². The molecule has 1 unspecified atom stereocenters. The van der Waals surface area contributed by atoms with Gasteiger partial charge in [-0.2, -0.15) is 0 Å². The van der Waals surface area contributed by atoms with Crippen LogP contribution >= 0.6 is 11.3 Å². The molecule has 0 saturated heterocycles. The molecule has 1 N–H and O–H groups in total. The molecule has 8 nitrogen and oxygen atoms in total. The molecule has 0 saturated carbocycles. The summed E-state index contributed by atoms with van der Waals surface area (Å²) in [7, 11) is -3.35. The van der Waals surface area contributed by atoms with Gasteiger partial charge in [-0.05, 0) is 5.92 Å². The number of nitrogens with zero attached hydrogens (tertiary/aromatic N) is 5. The van der Waals surface area contributed by atoms with Crippen LogP contribution in [-0.2, 0) is 29.5 Å². The summed E-state index contributed by atoms with van der Waals surface area (Å²) in [4.78, 5) is 8.22. The molecule has 0 amide bonds. The topological polar surface area (TPSA) is 93.0 Å². The summed E-state index contributed by atoms with van der Waals surface area (Å²) in [5.41, 5.74) is 1.14. The van der Waals surface area contributed by atoms with Gasteiger partial charge in [-0.1, -0.05) is 44.2 Å². The maximum absolute atomic E-state index is 11.9. The number of thiazole rings is 1. The molecule has 0 bridgehead atoms. The third-order valence-corrected chi connectivity index (χ3v) is 7.10. The maximum Gasteiger partial charge on any atom is 0.209 e. The van der Waals surface area contributed by atoms with Gasteiger partial charge < -0.3 is 4.57 Å². The smallest absolute Gasteiger partial charge is 0.209 e. The molecule has 1 atom stereocenters. The Morgan fingerprint density at radius 1 is 1.13 bits per heavy atom. The summed E-state index contributed by atoms with van der Waals surface area (Å²) < 4.78 is 28.5. The summed E-state index contributed by atoms with van der Waals surface area (Å²) in [6.07, 6.45) is 3.93. The molecule has 1 aromatic carbocycles. The number of fused-ring (bicyclic) bond motifs is 1. The Labute approximate surface area is 187 Å². The Morgan fingerprint density at radius 3 is 2.61 bits per heavy atom. The Morgan fingerprint density at radius 2 is 1.90 bits per heavy atom. The van der Waals surface area contributed by atoms with E-state index >= 15 is 0 Å². The fourth-order valence-corrected chi connectivity index (χ4v) is 5.61. The highest BCUT2D eigenvalue weighted by molar-refractivity contribution is 7.88. The molecule has 166 valence electrons. The first kappa shape index (κ1) is 22.1. The van der Waals surface area contributed by atoms with Crippen LogP contribution in [0, 0.1) is 5.92 Å². The molecule has 4 rings (SSSR count). The maximum atomic E-state index is 11.9. The van der Waals surface area contributed by atoms with E-state index in [9.17, 15) is 8.42 Å². The molecule has 1 aliphatic rings. The van der Waals surface area contributed by atoms with Crippen molar-refractivity contribution in [1.29, 1.82) is 0 Å². The molecular weight excluding hydrogens is 432 g/mol. The molecule has 1 aliphatic heterocycles. The summed E-state index contributed by atoms with van der Waals surface area (Å²) in [6.45, 7) is 7.27. The van der Waals surface area contributed by atoms with Crippen LogP contribution in [0.15, 0.2) is 36.5 Å². The number of rotatable bonds is 7. The summed E-state index contributed by atoms with van der Waals surface area (Å²) in [6, 6.07) is 9.84. The summed E-state index contributed by atoms with van der Waals surface area (Å²) in [5.74, 6) is 1.67. The fourth-order valence-electron chi connectivity index (χ4n) is 3.81. The van der Waals surface area contributed by atoms with Crippen molar-refractivity contribution in [3.05, 3.63) is 53.1 Å². The van der Waals surface area contributed by atoms with E-state index in [4.69, 9.17) is 0 Å². The Hall–Kier alpha value is -2.14. The Bertz CT molecular complexity index is 1120. The van der Waals surface area contributed by atoms with E-state index in [1.807, 2.05) is 38.2 Å². The largest absolute Gasteiger partial charge is 0.312 e. The van der Waals surface area contributed by atoms with Gasteiger partial charge in [0.25, 0.3) is 0 Å². The average Bonchev–Trinajstić information content (AvgIpc) is 3.30. The van der Waals surface area contributed by atoms with Crippen LogP contribution < -0.4 is 4.72 Å². The van der Waals surface area contributed by atoms with Crippen molar-refractivity contribution < 1.29 is 8.42 Å². The summed E-state index contributed by atoms with van der Waals surface area (Å²) in [5, 5.41) is 9.77. The first-order chi connectivity index (χ1) is 14.8. The minimum atomic E-state index is -3.35. The highest BCUT2D eigenvalue weighted by Crippen LogP contribution is 2.27. The monoisotopic (exact) mass is 460 g/mol. The third kappa shape index (κ3) is 5.38. The Balaban J connectivity index is 1.46. The van der Waals surface area contributed by atoms with Crippen molar-refractivity contribution >= 4 is 21.4 Å². The number of hydrogen-bond acceptors (Lipinski definition) is 7. The van der Waals surface area contributed by atoms with Gasteiger partial charge in [0.1, 0.15) is 10.8 Å². The molecule has 31 heavy (non-hydrogen) atoms. The van der Waals surface area contributed by atoms with Crippen molar-refractivity contribution in [3.63, 3.8) is 0 Å². The van der Waals surface area contributed by atoms with E-state index in [1.54, 1.807) is 11.3 Å². The molecule has 2 aromatic heterocycles. The van der Waals surface area contributed by atoms with Gasteiger partial charge in [-0.15, -0.1) is 21.5 Å². The van der Waals surface area contributed by atoms with Crippen LogP contribution in [0.5, 0.6) is 0 Å². The van der Waals surface area contributed by atoms with Gasteiger partial charge in [0, 0.05) is 49.2 Å². The van der Waals surface area contributed by atoms with Crippen LogP contribution in [0.4, 0.5) is 0 Å². The minimum absolute atomic E-state index is 0.0657. The molecule has 0 radical (unpaired) electrons. The Kier molecular flexibility index (Phi) is 6.52. The molecule has 3 aromatic rings. The lowest BCUT2D eigenvalue weighted by atomic mass is 10.1. The van der Waals surface area contributed by atoms with Crippen LogP contribution in [-0.4, -0.2) is 52.4 Å². The minimum Gasteiger partial charge on any atom is -0.312 e. The average molecular weight is 461 g/mol. The van der Waals surface area contributed by atoms with Gasteiger partial charge in [-0.3, -0.25) is 4.90 Å². The third-order valence-electron chi connectivity index (χ3n) is 5.39. The first-order valence-corrected chi connectivity index (χ1v) is 13.1. The zero-order chi connectivity index (χ0) is 22.0. The van der Waals surface area contributed by atoms with Crippen LogP contribution in [0.2, 0.25) is 0 Å². The molecule has 0 aliphatic carbocycles. The number of aromatic nitrogens is 4. The van der Waals surface area contributed by atoms with Crippen molar-refractivity contribution in [1.82, 2.24) is 29.4 Å². The summed E-state index contributed by atoms with van der Waals surface area (Å²) >= 11 is 1.73. The molecule has 3 heterocycles. The molecular formula is C21H28N6O2S2. The van der Waals surface area contributed by atoms with Gasteiger partial charge >= 0.3 is 0 Å². The molecule has 10 heteroatoms. The van der Waals surface area contributed by atoms with Gasteiger partial charge in [0.2, 0.25) is 10.0 Å². The molecule has 0 spiro atoms. The standard InChI is InChI=1S/C21H28N6O2S2/c1-15(2)19(25-31(3,28)29)20-24-23-18-9-10-26(11-12-27(18)20)14-17-13-22-21(30-17)16-7-5-4-6-8-16/h4-8,13,15,19,25H,9-12,14H2,1-3H3. The quantitative estimate of drug-likeness (QED) is 0.583. The number of nitrogens with one attached hydrogen (secondary N) is 1. The molecule has 0 fully saturated rings. The lowest BCUT2D eigenvalue weighted by Crippen LogP contribution is -2.33. The van der Waals surface area contributed by atoms with Gasteiger partial charge in [0.05, 0.1) is 12.3 Å². The second kappa shape index (κ2) is 9.15. The lowest BCUT2D eigenvalue weighted by molar-refractivity contribution is 0.271. The highest BCUT2D eigenvalue weighted by atomic mass is 32.2. The predicted octanol–water partition coefficient (Wildman–Crippen LogP) is 2.71. The SMILES string of the molecule is CC(C)C(NS(C)(=O)=O)c1nnc2n1CCN(Cc1cnc(-c3ccccc3)s1)CC2. The van der Waals surface area contributed by atoms with Gasteiger partial charge in [0.15, 0.2) is 5.82 Å². The fraction of sp³-hybridized carbons (Fsp3) is 0.476. The van der Waals surface area contributed by atoms with E-state index in [2.05, 4.69) is 41.5 Å². The second-order valence-electron chi connectivity index (χ2n) is 8.26. The predicted molar refractivity (Wildman–Crippen MR) is 122 cm³/mol. The van der Waals surface area contributed by atoms with E-state index in [0.717, 1.165) is 49.0 Å². The van der Waals surface area contributed by atoms with E-state index in [-0.39, 0.29) is 5.92 Å². The number of sulfonamides is 1. The van der Waals surface area contributed by atoms with Crippen LogP contribution in [0.1, 0.15) is 36.4 Å². The van der Waals surface area contributed by atoms with Crippen LogP contribution in [0.3, 0.4) is 0 Å². The van der Waals surface area contributed by atoms with Crippen molar-refractivity contribution in [2.45, 2.75) is 39.4 Å². The van der Waals surface area contributed by atoms with Crippen molar-refractivity contribution in [2.75, 3.05) is 19.3 Å². The van der Waals surface area contributed by atoms with Crippen molar-refractivity contribution in [3.8, 4) is 10.6 Å². The highest BCUT2D eigenvalue weighted by Gasteiger charge is 2.28. The lowest BCUT2D eigenvalue weighted by Gasteiger charge is -2.22. The van der Waals surface area contributed by atoms with E-state index in [0.29, 0.717) is 5.82 Å². The normalized spacial score (nSPS) is 16.3. The zero-order valence-corrected chi connectivity index (χ0v) is 19.7.